The maximum atomic E-state index is 11.9. The highest BCUT2D eigenvalue weighted by atomic mass is 35.5. The first-order valence-corrected chi connectivity index (χ1v) is 8.83. The van der Waals surface area contributed by atoms with Crippen molar-refractivity contribution < 1.29 is 12.9 Å². The maximum Gasteiger partial charge on any atom is 0.280 e. The molecule has 2 heterocycles. The highest BCUT2D eigenvalue weighted by Crippen LogP contribution is 2.28. The van der Waals surface area contributed by atoms with Crippen LogP contribution in [0.25, 0.3) is 11.4 Å². The number of aromatic nitrogens is 2. The summed E-state index contributed by atoms with van der Waals surface area (Å²) in [5.74, 6) is 0.349. The molecule has 1 aromatic carbocycles. The first-order valence-electron chi connectivity index (χ1n) is 6.63. The number of hydrogen-bond acceptors (Lipinski definition) is 6. The lowest BCUT2D eigenvalue weighted by atomic mass is 10.2. The summed E-state index contributed by atoms with van der Waals surface area (Å²) in [5, 5.41) is 4.67. The van der Waals surface area contributed by atoms with Crippen LogP contribution in [0, 0.1) is 0 Å². The van der Waals surface area contributed by atoms with Crippen molar-refractivity contribution in [1.82, 2.24) is 19.2 Å². The van der Waals surface area contributed by atoms with Crippen molar-refractivity contribution in [3.05, 3.63) is 34.1 Å². The van der Waals surface area contributed by atoms with Gasteiger partial charge in [-0.15, -0.1) is 0 Å². The van der Waals surface area contributed by atoms with Gasteiger partial charge in [0.05, 0.1) is 11.6 Å². The van der Waals surface area contributed by atoms with Gasteiger partial charge in [-0.05, 0) is 18.2 Å². The van der Waals surface area contributed by atoms with Crippen LogP contribution in [-0.4, -0.2) is 42.0 Å². The molecule has 3 rings (SSSR count). The molecule has 0 aliphatic carbocycles. The Morgan fingerprint density at radius 1 is 1.39 bits per heavy atom. The van der Waals surface area contributed by atoms with E-state index < -0.39 is 10.2 Å². The fourth-order valence-corrected chi connectivity index (χ4v) is 3.65. The van der Waals surface area contributed by atoms with Crippen LogP contribution in [0.4, 0.5) is 0 Å². The zero-order chi connectivity index (χ0) is 16.6. The van der Waals surface area contributed by atoms with Gasteiger partial charge in [0.1, 0.15) is 0 Å². The van der Waals surface area contributed by atoms with Crippen molar-refractivity contribution in [3.8, 4) is 11.4 Å². The molecule has 2 aromatic rings. The number of nitrogens with one attached hydrogen (secondary N) is 1. The summed E-state index contributed by atoms with van der Waals surface area (Å²) in [6.07, 6.45) is 0. The Balaban J connectivity index is 1.69. The molecule has 1 fully saturated rings. The van der Waals surface area contributed by atoms with Crippen LogP contribution in [0.15, 0.2) is 22.7 Å². The predicted octanol–water partition coefficient (Wildman–Crippen LogP) is 1.02. The average Bonchev–Trinajstić information content (AvgIpc) is 2.93. The molecule has 1 saturated heterocycles. The monoisotopic (exact) mass is 377 g/mol. The van der Waals surface area contributed by atoms with E-state index in [9.17, 15) is 8.42 Å². The summed E-state index contributed by atoms with van der Waals surface area (Å²) in [6, 6.07) is 4.74. The topological polar surface area (TPSA) is 114 Å². The predicted molar refractivity (Wildman–Crippen MR) is 85.1 cm³/mol. The van der Waals surface area contributed by atoms with E-state index >= 15 is 0 Å². The van der Waals surface area contributed by atoms with Gasteiger partial charge in [-0.1, -0.05) is 28.4 Å². The van der Waals surface area contributed by atoms with Crippen molar-refractivity contribution >= 4 is 33.4 Å². The standard InChI is InChI=1S/C12H13Cl2N5O3S/c13-7-1-2-10(14)9(3-7)12-17-11(22-18-12)4-16-23(20,21)19-5-8(15)6-19/h1-3,8,16H,4-6,15H2. The fourth-order valence-electron chi connectivity index (χ4n) is 2.02. The number of nitrogens with zero attached hydrogens (tertiary/aromatic N) is 3. The Labute approximate surface area is 142 Å². The Morgan fingerprint density at radius 3 is 2.83 bits per heavy atom. The minimum Gasteiger partial charge on any atom is -0.338 e. The van der Waals surface area contributed by atoms with E-state index in [1.54, 1.807) is 18.2 Å². The second kappa shape index (κ2) is 6.34. The second-order valence-corrected chi connectivity index (χ2v) is 7.64. The zero-order valence-electron chi connectivity index (χ0n) is 11.7. The smallest absolute Gasteiger partial charge is 0.280 e. The molecule has 1 aliphatic rings. The molecular weight excluding hydrogens is 365 g/mol. The lowest BCUT2D eigenvalue weighted by Gasteiger charge is -2.35. The normalized spacial score (nSPS) is 16.5. The molecule has 3 N–H and O–H groups in total. The highest BCUT2D eigenvalue weighted by Gasteiger charge is 2.33. The molecule has 0 radical (unpaired) electrons. The molecule has 0 atom stereocenters. The lowest BCUT2D eigenvalue weighted by molar-refractivity contribution is 0.261. The van der Waals surface area contributed by atoms with Gasteiger partial charge < -0.3 is 10.3 Å². The second-order valence-electron chi connectivity index (χ2n) is 5.04. The van der Waals surface area contributed by atoms with Crippen LogP contribution < -0.4 is 10.5 Å². The molecule has 124 valence electrons. The van der Waals surface area contributed by atoms with Gasteiger partial charge in [-0.2, -0.15) is 22.4 Å². The SMILES string of the molecule is NC1CN(S(=O)(=O)NCc2nc(-c3cc(Cl)ccc3Cl)no2)C1. The maximum absolute atomic E-state index is 11.9. The molecule has 1 aliphatic heterocycles. The van der Waals surface area contributed by atoms with Gasteiger partial charge in [-0.25, -0.2) is 0 Å². The van der Waals surface area contributed by atoms with Crippen LogP contribution in [0.1, 0.15) is 5.89 Å². The summed E-state index contributed by atoms with van der Waals surface area (Å²) in [6.45, 7) is 0.463. The van der Waals surface area contributed by atoms with Crippen molar-refractivity contribution in [1.29, 1.82) is 0 Å². The van der Waals surface area contributed by atoms with Crippen LogP contribution in [0.5, 0.6) is 0 Å². The molecule has 23 heavy (non-hydrogen) atoms. The number of hydrogen-bond donors (Lipinski definition) is 2. The summed E-state index contributed by atoms with van der Waals surface area (Å²) in [5.41, 5.74) is 6.07. The summed E-state index contributed by atoms with van der Waals surface area (Å²) >= 11 is 12.0. The van der Waals surface area contributed by atoms with E-state index in [4.69, 9.17) is 33.5 Å². The van der Waals surface area contributed by atoms with E-state index in [2.05, 4.69) is 14.9 Å². The molecular formula is C12H13Cl2N5O3S. The third kappa shape index (κ3) is 3.65. The van der Waals surface area contributed by atoms with E-state index in [1.807, 2.05) is 0 Å². The van der Waals surface area contributed by atoms with Gasteiger partial charge in [0.25, 0.3) is 10.2 Å². The third-order valence-electron chi connectivity index (χ3n) is 3.26. The van der Waals surface area contributed by atoms with Crippen LogP contribution >= 0.6 is 23.2 Å². The van der Waals surface area contributed by atoms with Crippen molar-refractivity contribution in [3.63, 3.8) is 0 Å². The summed E-state index contributed by atoms with van der Waals surface area (Å²) in [4.78, 5) is 4.11. The van der Waals surface area contributed by atoms with E-state index in [1.165, 1.54) is 4.31 Å². The largest absolute Gasteiger partial charge is 0.338 e. The lowest BCUT2D eigenvalue weighted by Crippen LogP contribution is -2.60. The molecule has 11 heteroatoms. The number of nitrogens with two attached hydrogens (primary N) is 1. The Kier molecular flexibility index (Phi) is 4.59. The van der Waals surface area contributed by atoms with Crippen LogP contribution in [0.3, 0.4) is 0 Å². The van der Waals surface area contributed by atoms with Crippen molar-refractivity contribution in [2.45, 2.75) is 12.6 Å². The minimum absolute atomic E-state index is 0.115. The van der Waals surface area contributed by atoms with Gasteiger partial charge in [0.15, 0.2) is 0 Å². The molecule has 0 amide bonds. The molecule has 0 unspecified atom stereocenters. The van der Waals surface area contributed by atoms with Crippen molar-refractivity contribution in [2.24, 2.45) is 5.73 Å². The Bertz CT molecular complexity index is 820. The fraction of sp³-hybridized carbons (Fsp3) is 0.333. The quantitative estimate of drug-likeness (QED) is 0.803. The van der Waals surface area contributed by atoms with E-state index in [-0.39, 0.29) is 24.3 Å². The van der Waals surface area contributed by atoms with Crippen LogP contribution in [-0.2, 0) is 16.8 Å². The first-order chi connectivity index (χ1) is 10.8. The van der Waals surface area contributed by atoms with Crippen molar-refractivity contribution in [2.75, 3.05) is 13.1 Å². The minimum atomic E-state index is -3.60. The summed E-state index contributed by atoms with van der Waals surface area (Å²) in [7, 11) is -3.60. The van der Waals surface area contributed by atoms with Gasteiger partial charge in [0, 0.05) is 29.7 Å². The molecule has 1 aromatic heterocycles. The average molecular weight is 378 g/mol. The van der Waals surface area contributed by atoms with Gasteiger partial charge in [-0.3, -0.25) is 0 Å². The molecule has 8 nitrogen and oxygen atoms in total. The van der Waals surface area contributed by atoms with Crippen LogP contribution in [0.2, 0.25) is 10.0 Å². The third-order valence-corrected chi connectivity index (χ3v) is 5.31. The van der Waals surface area contributed by atoms with E-state index in [0.29, 0.717) is 28.7 Å². The summed E-state index contributed by atoms with van der Waals surface area (Å²) < 4.78 is 32.5. The number of rotatable bonds is 5. The molecule has 0 bridgehead atoms. The Hall–Kier alpha value is -1.23. The Morgan fingerprint density at radius 2 is 2.13 bits per heavy atom. The van der Waals surface area contributed by atoms with E-state index in [0.717, 1.165) is 0 Å². The first kappa shape index (κ1) is 16.6. The van der Waals surface area contributed by atoms with Gasteiger partial charge >= 0.3 is 0 Å². The molecule has 0 spiro atoms. The molecule has 0 saturated carbocycles. The highest BCUT2D eigenvalue weighted by molar-refractivity contribution is 7.87. The number of halogens is 2. The van der Waals surface area contributed by atoms with Gasteiger partial charge in [0.2, 0.25) is 11.7 Å². The zero-order valence-corrected chi connectivity index (χ0v) is 14.1. The number of benzene rings is 1.